The predicted molar refractivity (Wildman–Crippen MR) is 182 cm³/mol. The average Bonchev–Trinajstić information content (AvgIpc) is 3.37. The minimum atomic E-state index is -1.87. The van der Waals surface area contributed by atoms with Crippen LogP contribution in [0.15, 0.2) is 115 Å². The van der Waals surface area contributed by atoms with Crippen molar-refractivity contribution in [3.05, 3.63) is 127 Å². The van der Waals surface area contributed by atoms with Crippen molar-refractivity contribution in [1.29, 1.82) is 0 Å². The Morgan fingerprint density at radius 1 is 0.619 bits per heavy atom. The minimum absolute atomic E-state index is 0.243. The standard InChI is InChI=1S/C38H33BN2Si/c1-42(2)36-21-11-8-17-31(36)39-30-24-23-27(41-32-18-9-6-15-28(32)29-16-7-10-19-33(29)41)25-35(30)40(26-13-4-3-5-14-26)34-20-12-22-37(42)38(34)39/h3-6,8-9,11-15,17-18,20-25H,7,10,16,19H2,1-2H3. The van der Waals surface area contributed by atoms with E-state index < -0.39 is 8.07 Å². The van der Waals surface area contributed by atoms with Gasteiger partial charge in [-0.1, -0.05) is 108 Å². The fourth-order valence-electron chi connectivity index (χ4n) is 8.42. The van der Waals surface area contributed by atoms with Crippen molar-refractivity contribution in [2.24, 2.45) is 0 Å². The molecule has 42 heavy (non-hydrogen) atoms. The molecule has 0 fully saturated rings. The van der Waals surface area contributed by atoms with Crippen molar-refractivity contribution in [2.75, 3.05) is 4.90 Å². The summed E-state index contributed by atoms with van der Waals surface area (Å²) >= 11 is 0. The summed E-state index contributed by atoms with van der Waals surface area (Å²) in [5, 5.41) is 4.58. The normalized spacial score (nSPS) is 16.0. The van der Waals surface area contributed by atoms with Crippen LogP contribution in [-0.4, -0.2) is 19.4 Å². The van der Waals surface area contributed by atoms with Crippen molar-refractivity contribution in [2.45, 2.75) is 38.8 Å². The number of anilines is 3. The van der Waals surface area contributed by atoms with E-state index in [1.165, 1.54) is 75.0 Å². The first-order valence-corrected chi connectivity index (χ1v) is 18.5. The van der Waals surface area contributed by atoms with Gasteiger partial charge < -0.3 is 9.47 Å². The molecule has 0 saturated carbocycles. The molecule has 0 radical (unpaired) electrons. The Labute approximate surface area is 249 Å². The molecule has 2 nitrogen and oxygen atoms in total. The molecule has 0 saturated heterocycles. The van der Waals surface area contributed by atoms with Crippen LogP contribution in [0.4, 0.5) is 17.1 Å². The van der Waals surface area contributed by atoms with Crippen molar-refractivity contribution in [3.8, 4) is 5.69 Å². The number of fused-ring (bicyclic) bond motifs is 7. The highest BCUT2D eigenvalue weighted by Gasteiger charge is 2.46. The van der Waals surface area contributed by atoms with Crippen LogP contribution in [0.1, 0.15) is 24.1 Å². The summed E-state index contributed by atoms with van der Waals surface area (Å²) < 4.78 is 2.57. The molecule has 0 atom stereocenters. The quantitative estimate of drug-likeness (QED) is 0.239. The lowest BCUT2D eigenvalue weighted by Crippen LogP contribution is -2.78. The molecule has 0 amide bonds. The summed E-state index contributed by atoms with van der Waals surface area (Å²) in [6.45, 7) is 5.31. The van der Waals surface area contributed by atoms with Gasteiger partial charge in [0.25, 0.3) is 0 Å². The average molecular weight is 557 g/mol. The van der Waals surface area contributed by atoms with Gasteiger partial charge in [-0.3, -0.25) is 0 Å². The van der Waals surface area contributed by atoms with E-state index in [9.17, 15) is 0 Å². The smallest absolute Gasteiger partial charge is 0.246 e. The van der Waals surface area contributed by atoms with E-state index in [1.807, 2.05) is 0 Å². The second kappa shape index (κ2) is 8.86. The molecule has 0 unspecified atom stereocenters. The van der Waals surface area contributed by atoms with Crippen molar-refractivity contribution in [3.63, 3.8) is 0 Å². The van der Waals surface area contributed by atoms with E-state index in [0.29, 0.717) is 0 Å². The number of benzene rings is 5. The highest BCUT2D eigenvalue weighted by molar-refractivity contribution is 7.15. The first kappa shape index (κ1) is 24.3. The van der Waals surface area contributed by atoms with Gasteiger partial charge in [-0.05, 0) is 78.6 Å². The monoisotopic (exact) mass is 556 g/mol. The second-order valence-corrected chi connectivity index (χ2v) is 17.1. The Morgan fingerprint density at radius 2 is 1.38 bits per heavy atom. The van der Waals surface area contributed by atoms with Crippen LogP contribution in [0.2, 0.25) is 13.1 Å². The maximum atomic E-state index is 2.57. The van der Waals surface area contributed by atoms with Crippen LogP contribution in [0.5, 0.6) is 0 Å². The van der Waals surface area contributed by atoms with Gasteiger partial charge in [0.05, 0.1) is 5.52 Å². The maximum Gasteiger partial charge on any atom is 0.246 e. The van der Waals surface area contributed by atoms with Crippen molar-refractivity contribution < 1.29 is 0 Å². The number of aryl methyl sites for hydroxylation is 1. The molecule has 4 heteroatoms. The fourth-order valence-corrected chi connectivity index (χ4v) is 11.6. The molecule has 0 bridgehead atoms. The van der Waals surface area contributed by atoms with E-state index in [4.69, 9.17) is 0 Å². The Kier molecular flexibility index (Phi) is 5.13. The van der Waals surface area contributed by atoms with Crippen molar-refractivity contribution >= 4 is 69.5 Å². The van der Waals surface area contributed by atoms with Gasteiger partial charge in [0.2, 0.25) is 6.71 Å². The molecule has 3 aliphatic rings. The molecular formula is C38H33BN2Si. The van der Waals surface area contributed by atoms with E-state index in [2.05, 4.69) is 138 Å². The SMILES string of the molecule is C[Si]1(C)c2ccccc2B2c3ccc(-n4c5c(c6ccccc64)CCCC5)cc3N(c3ccccc3)c3cccc1c32. The molecule has 2 aliphatic heterocycles. The van der Waals surface area contributed by atoms with Gasteiger partial charge in [0.15, 0.2) is 0 Å². The van der Waals surface area contributed by atoms with Crippen LogP contribution in [0, 0.1) is 0 Å². The van der Waals surface area contributed by atoms with Gasteiger partial charge in [-0.2, -0.15) is 0 Å². The number of rotatable bonds is 2. The third kappa shape index (κ3) is 3.22. The molecule has 9 rings (SSSR count). The van der Waals surface area contributed by atoms with Gasteiger partial charge in [-0.15, -0.1) is 0 Å². The lowest BCUT2D eigenvalue weighted by molar-refractivity contribution is 0.667. The molecule has 1 aromatic heterocycles. The lowest BCUT2D eigenvalue weighted by atomic mass is 9.35. The highest BCUT2D eigenvalue weighted by Crippen LogP contribution is 2.39. The van der Waals surface area contributed by atoms with Gasteiger partial charge in [0.1, 0.15) is 8.07 Å². The summed E-state index contributed by atoms with van der Waals surface area (Å²) in [6.07, 6.45) is 4.87. The second-order valence-electron chi connectivity index (χ2n) is 12.8. The first-order chi connectivity index (χ1) is 20.6. The minimum Gasteiger partial charge on any atom is -0.313 e. The van der Waals surface area contributed by atoms with Crippen LogP contribution in [0.25, 0.3) is 16.6 Å². The third-order valence-electron chi connectivity index (χ3n) is 10.2. The summed E-state index contributed by atoms with van der Waals surface area (Å²) in [7, 11) is -1.87. The largest absolute Gasteiger partial charge is 0.313 e. The van der Waals surface area contributed by atoms with Crippen LogP contribution >= 0.6 is 0 Å². The van der Waals surface area contributed by atoms with E-state index >= 15 is 0 Å². The Bertz CT molecular complexity index is 2040. The predicted octanol–water partition coefficient (Wildman–Crippen LogP) is 5.94. The molecule has 1 aliphatic carbocycles. The molecule has 202 valence electrons. The topological polar surface area (TPSA) is 8.17 Å². The molecular weight excluding hydrogens is 523 g/mol. The Balaban J connectivity index is 1.36. The molecule has 0 spiro atoms. The van der Waals surface area contributed by atoms with Crippen LogP contribution < -0.4 is 31.7 Å². The summed E-state index contributed by atoms with van der Waals surface area (Å²) in [5.41, 5.74) is 13.9. The summed E-state index contributed by atoms with van der Waals surface area (Å²) in [6, 6.07) is 43.8. The van der Waals surface area contributed by atoms with Crippen LogP contribution in [-0.2, 0) is 12.8 Å². The molecule has 6 aromatic rings. The van der Waals surface area contributed by atoms with Crippen LogP contribution in [0.3, 0.4) is 0 Å². The maximum absolute atomic E-state index is 2.57. The molecule has 5 aromatic carbocycles. The third-order valence-corrected chi connectivity index (χ3v) is 13.8. The molecule has 3 heterocycles. The number of para-hydroxylation sites is 2. The fraction of sp³-hybridized carbons (Fsp3) is 0.158. The summed E-state index contributed by atoms with van der Waals surface area (Å²) in [4.78, 5) is 2.55. The van der Waals surface area contributed by atoms with Gasteiger partial charge >= 0.3 is 0 Å². The number of hydrogen-bond acceptors (Lipinski definition) is 1. The van der Waals surface area contributed by atoms with E-state index in [0.717, 1.165) is 6.42 Å². The summed E-state index contributed by atoms with van der Waals surface area (Å²) in [5.74, 6) is 0. The van der Waals surface area contributed by atoms with E-state index in [-0.39, 0.29) is 6.71 Å². The van der Waals surface area contributed by atoms with Gasteiger partial charge in [0, 0.05) is 33.8 Å². The number of hydrogen-bond donors (Lipinski definition) is 0. The Hall–Kier alpha value is -4.28. The number of aromatic nitrogens is 1. The zero-order valence-electron chi connectivity index (χ0n) is 24.3. The van der Waals surface area contributed by atoms with Crippen molar-refractivity contribution in [1.82, 2.24) is 4.57 Å². The molecule has 0 N–H and O–H groups in total. The Morgan fingerprint density at radius 3 is 2.29 bits per heavy atom. The lowest BCUT2D eigenvalue weighted by Gasteiger charge is -2.44. The van der Waals surface area contributed by atoms with E-state index in [1.54, 1.807) is 15.9 Å². The van der Waals surface area contributed by atoms with Gasteiger partial charge in [-0.25, -0.2) is 0 Å². The first-order valence-electron chi connectivity index (χ1n) is 15.5. The number of nitrogens with zero attached hydrogens (tertiary/aromatic N) is 2. The highest BCUT2D eigenvalue weighted by atomic mass is 28.3. The zero-order chi connectivity index (χ0) is 28.0. The zero-order valence-corrected chi connectivity index (χ0v) is 25.3.